The van der Waals surface area contributed by atoms with Gasteiger partial charge in [0.2, 0.25) is 0 Å². The second-order valence-electron chi connectivity index (χ2n) is 11.9. The second-order valence-corrected chi connectivity index (χ2v) is 14.2. The summed E-state index contributed by atoms with van der Waals surface area (Å²) in [5.74, 6) is -0.532. The third-order valence-electron chi connectivity index (χ3n) is 8.49. The monoisotopic (exact) mass is 838 g/mol. The molecule has 0 aromatic heterocycles. The lowest BCUT2D eigenvalue weighted by Crippen LogP contribution is -2.46. The average Bonchev–Trinajstić information content (AvgIpc) is 3.80. The minimum atomic E-state index is -0.746. The molecule has 3 aliphatic heterocycles. The normalized spacial score (nSPS) is 17.4. The van der Waals surface area contributed by atoms with Crippen molar-refractivity contribution in [1.82, 2.24) is 14.7 Å². The summed E-state index contributed by atoms with van der Waals surface area (Å²) in [6.07, 6.45) is 9.14. The fourth-order valence-electron chi connectivity index (χ4n) is 6.12. The lowest BCUT2D eigenvalue weighted by molar-refractivity contribution is -0.131. The Morgan fingerprint density at radius 1 is 0.723 bits per heavy atom. The Morgan fingerprint density at radius 3 is 1.74 bits per heavy atom. The molecule has 0 aliphatic carbocycles. The van der Waals surface area contributed by atoms with Gasteiger partial charge in [0.15, 0.2) is 11.5 Å². The third kappa shape index (κ3) is 9.81. The number of benzene rings is 2. The standard InChI is InChI=1S/C34H41Br3N4O6/c35-28-31(29(36)33-30(37)32(28)46-26(42)13-14-27(43)47-33)41(23-10-24-45-25-11-2-1-3-12-25)34(44)40(21-8-19-38-15-4-5-16-38)22-9-20-39-17-6-7-18-39/h1-3,11-14H,4-10,15-24H2/b14-13-. The smallest absolute Gasteiger partial charge is 0.336 e. The number of ether oxygens (including phenoxy) is 3. The Bertz CT molecular complexity index is 1360. The van der Waals surface area contributed by atoms with Crippen LogP contribution in [0.4, 0.5) is 10.5 Å². The molecule has 10 nitrogen and oxygen atoms in total. The maximum Gasteiger partial charge on any atom is 0.336 e. The third-order valence-corrected chi connectivity index (χ3v) is 10.7. The van der Waals surface area contributed by atoms with Crippen molar-refractivity contribution in [2.24, 2.45) is 0 Å². The largest absolute Gasteiger partial charge is 0.494 e. The molecule has 254 valence electrons. The van der Waals surface area contributed by atoms with Crippen LogP contribution in [0.3, 0.4) is 0 Å². The summed E-state index contributed by atoms with van der Waals surface area (Å²) in [7, 11) is 0. The molecule has 0 spiro atoms. The van der Waals surface area contributed by atoms with E-state index in [2.05, 4.69) is 57.6 Å². The fourth-order valence-corrected chi connectivity index (χ4v) is 8.86. The van der Waals surface area contributed by atoms with Crippen molar-refractivity contribution in [3.8, 4) is 17.2 Å². The van der Waals surface area contributed by atoms with Crippen LogP contribution in [0.2, 0.25) is 0 Å². The van der Waals surface area contributed by atoms with E-state index in [0.717, 1.165) is 70.0 Å². The molecular formula is C34H41Br3N4O6. The van der Waals surface area contributed by atoms with Crippen LogP contribution in [0, 0.1) is 0 Å². The molecule has 5 rings (SSSR count). The van der Waals surface area contributed by atoms with Crippen molar-refractivity contribution >= 4 is 71.4 Å². The molecule has 0 atom stereocenters. The van der Waals surface area contributed by atoms with E-state index in [1.165, 1.54) is 25.7 Å². The first kappa shape index (κ1) is 35.8. The van der Waals surface area contributed by atoms with E-state index in [1.54, 1.807) is 4.90 Å². The highest BCUT2D eigenvalue weighted by Crippen LogP contribution is 2.53. The van der Waals surface area contributed by atoms with Gasteiger partial charge in [0.05, 0.1) is 21.2 Å². The Balaban J connectivity index is 1.44. The average molecular weight is 841 g/mol. The van der Waals surface area contributed by atoms with Crippen LogP contribution in [0.1, 0.15) is 44.9 Å². The van der Waals surface area contributed by atoms with Crippen molar-refractivity contribution in [2.45, 2.75) is 44.9 Å². The first-order chi connectivity index (χ1) is 22.8. The molecule has 0 radical (unpaired) electrons. The van der Waals surface area contributed by atoms with Crippen LogP contribution < -0.4 is 19.1 Å². The molecule has 2 aromatic rings. The SMILES string of the molecule is O=C1/C=C\C(=O)Oc2c(Br)c(c(Br)c(N(CCCOc3ccccc3)C(=O)N(CCCN3CCCC3)CCCN3CCCC3)c2Br)O1. The molecule has 0 saturated carbocycles. The topological polar surface area (TPSA) is 91.9 Å². The van der Waals surface area contributed by atoms with E-state index in [-0.39, 0.29) is 28.5 Å². The molecule has 3 heterocycles. The first-order valence-electron chi connectivity index (χ1n) is 16.3. The Hall–Kier alpha value is -2.45. The van der Waals surface area contributed by atoms with Gasteiger partial charge in [0.1, 0.15) is 10.2 Å². The van der Waals surface area contributed by atoms with E-state index in [0.29, 0.717) is 40.8 Å². The van der Waals surface area contributed by atoms with Gasteiger partial charge in [-0.15, -0.1) is 0 Å². The lowest BCUT2D eigenvalue weighted by atomic mass is 10.2. The number of carbonyl (C=O) groups excluding carboxylic acids is 3. The van der Waals surface area contributed by atoms with Crippen LogP contribution in [0.5, 0.6) is 17.2 Å². The van der Waals surface area contributed by atoms with E-state index < -0.39 is 11.9 Å². The number of rotatable bonds is 14. The van der Waals surface area contributed by atoms with Gasteiger partial charge in [-0.05, 0) is 144 Å². The zero-order valence-electron chi connectivity index (χ0n) is 26.4. The van der Waals surface area contributed by atoms with Crippen LogP contribution in [0.15, 0.2) is 55.9 Å². The molecule has 2 saturated heterocycles. The van der Waals surface area contributed by atoms with Gasteiger partial charge >= 0.3 is 18.0 Å². The predicted molar refractivity (Wildman–Crippen MR) is 191 cm³/mol. The van der Waals surface area contributed by atoms with E-state index in [1.807, 2.05) is 35.2 Å². The number of halogens is 3. The predicted octanol–water partition coefficient (Wildman–Crippen LogP) is 7.02. The summed E-state index contributed by atoms with van der Waals surface area (Å²) < 4.78 is 18.3. The zero-order chi connectivity index (χ0) is 33.2. The quantitative estimate of drug-likeness (QED) is 0.114. The molecule has 0 unspecified atom stereocenters. The van der Waals surface area contributed by atoms with E-state index >= 15 is 0 Å². The number of carbonyl (C=O) groups is 3. The summed E-state index contributed by atoms with van der Waals surface area (Å²) in [6.45, 7) is 8.17. The van der Waals surface area contributed by atoms with Crippen LogP contribution in [-0.2, 0) is 9.59 Å². The van der Waals surface area contributed by atoms with Gasteiger partial charge in [0, 0.05) is 31.8 Å². The van der Waals surface area contributed by atoms with Gasteiger partial charge in [-0.25, -0.2) is 14.4 Å². The summed E-state index contributed by atoms with van der Waals surface area (Å²) in [4.78, 5) is 48.4. The highest BCUT2D eigenvalue weighted by atomic mass is 79.9. The molecule has 3 aliphatic rings. The number of esters is 2. The van der Waals surface area contributed by atoms with Crippen molar-refractivity contribution in [3.05, 3.63) is 55.9 Å². The number of anilines is 1. The second kappa shape index (κ2) is 17.8. The van der Waals surface area contributed by atoms with Crippen LogP contribution in [0.25, 0.3) is 0 Å². The fraction of sp³-hybridized carbons (Fsp3) is 0.500. The summed E-state index contributed by atoms with van der Waals surface area (Å²) >= 11 is 10.7. The first-order valence-corrected chi connectivity index (χ1v) is 18.7. The maximum absolute atomic E-state index is 14.7. The van der Waals surface area contributed by atoms with Gasteiger partial charge in [-0.2, -0.15) is 0 Å². The van der Waals surface area contributed by atoms with Crippen molar-refractivity contribution in [3.63, 3.8) is 0 Å². The molecule has 2 aromatic carbocycles. The van der Waals surface area contributed by atoms with Gasteiger partial charge in [0.25, 0.3) is 0 Å². The highest BCUT2D eigenvalue weighted by molar-refractivity contribution is 9.12. The van der Waals surface area contributed by atoms with E-state index in [9.17, 15) is 14.4 Å². The number of urea groups is 1. The molecule has 2 fully saturated rings. The summed E-state index contributed by atoms with van der Waals surface area (Å²) in [6, 6.07) is 9.36. The maximum atomic E-state index is 14.7. The van der Waals surface area contributed by atoms with Crippen molar-refractivity contribution in [2.75, 3.05) is 70.4 Å². The van der Waals surface area contributed by atoms with E-state index in [4.69, 9.17) is 14.2 Å². The summed E-state index contributed by atoms with van der Waals surface area (Å²) in [5, 5.41) is 0. The number of hydrogen-bond donors (Lipinski definition) is 0. The van der Waals surface area contributed by atoms with Crippen LogP contribution >= 0.6 is 47.8 Å². The molecular weight excluding hydrogens is 800 g/mol. The minimum Gasteiger partial charge on any atom is -0.494 e. The van der Waals surface area contributed by atoms with Gasteiger partial charge in [-0.3, -0.25) is 4.90 Å². The Labute approximate surface area is 301 Å². The lowest BCUT2D eigenvalue weighted by Gasteiger charge is -2.33. The number of hydrogen-bond acceptors (Lipinski definition) is 8. The van der Waals surface area contributed by atoms with Gasteiger partial charge in [-0.1, -0.05) is 18.2 Å². The van der Waals surface area contributed by atoms with Crippen molar-refractivity contribution < 1.29 is 28.6 Å². The number of para-hydroxylation sites is 1. The number of nitrogens with zero attached hydrogens (tertiary/aromatic N) is 4. The molecule has 13 heteroatoms. The molecule has 2 bridgehead atoms. The Kier molecular flexibility index (Phi) is 13.6. The molecule has 0 N–H and O–H groups in total. The van der Waals surface area contributed by atoms with Crippen LogP contribution in [-0.4, -0.2) is 98.2 Å². The summed E-state index contributed by atoms with van der Waals surface area (Å²) in [5.41, 5.74) is 0.398. The number of amides is 2. The van der Waals surface area contributed by atoms with Crippen molar-refractivity contribution in [1.29, 1.82) is 0 Å². The number of likely N-dealkylation sites (tertiary alicyclic amines) is 2. The number of fused-ring (bicyclic) bond motifs is 2. The Morgan fingerprint density at radius 2 is 1.23 bits per heavy atom. The minimum absolute atomic E-state index is 0.107. The highest BCUT2D eigenvalue weighted by Gasteiger charge is 2.33. The molecule has 2 amide bonds. The van der Waals surface area contributed by atoms with Gasteiger partial charge < -0.3 is 28.9 Å². The molecule has 47 heavy (non-hydrogen) atoms. The zero-order valence-corrected chi connectivity index (χ0v) is 31.2.